The number of carbonyl (C=O) groups excluding carboxylic acids is 1. The van der Waals surface area contributed by atoms with Crippen LogP contribution in [0.1, 0.15) is 29.8 Å². The third kappa shape index (κ3) is 2.75. The normalized spacial score (nSPS) is 19.2. The molecule has 2 heterocycles. The minimum absolute atomic E-state index is 0.0396. The molecule has 1 saturated heterocycles. The maximum atomic E-state index is 11.8. The summed E-state index contributed by atoms with van der Waals surface area (Å²) in [6.07, 6.45) is 2.51. The van der Waals surface area contributed by atoms with Gasteiger partial charge in [0.2, 0.25) is 5.91 Å². The van der Waals surface area contributed by atoms with E-state index in [2.05, 4.69) is 36.8 Å². The number of hydrogen-bond acceptors (Lipinski definition) is 2. The van der Waals surface area contributed by atoms with Gasteiger partial charge >= 0.3 is 0 Å². The molecule has 1 N–H and O–H groups in total. The number of nitrogens with zero attached hydrogens (tertiary/aromatic N) is 1. The van der Waals surface area contributed by atoms with Crippen molar-refractivity contribution in [1.82, 2.24) is 9.88 Å². The van der Waals surface area contributed by atoms with E-state index in [1.165, 1.54) is 17.0 Å². The summed E-state index contributed by atoms with van der Waals surface area (Å²) >= 11 is 0. The van der Waals surface area contributed by atoms with Gasteiger partial charge in [0.15, 0.2) is 0 Å². The molecule has 0 spiro atoms. The van der Waals surface area contributed by atoms with Crippen LogP contribution in [0.15, 0.2) is 6.07 Å². The molecule has 1 aromatic heterocycles. The Morgan fingerprint density at radius 1 is 1.56 bits per heavy atom. The Balaban J connectivity index is 1.81. The van der Waals surface area contributed by atoms with Crippen molar-refractivity contribution >= 4 is 5.91 Å². The van der Waals surface area contributed by atoms with Crippen molar-refractivity contribution in [1.29, 1.82) is 0 Å². The van der Waals surface area contributed by atoms with E-state index in [1.54, 1.807) is 0 Å². The lowest BCUT2D eigenvalue weighted by Gasteiger charge is -2.10. The Morgan fingerprint density at radius 2 is 2.33 bits per heavy atom. The first-order valence-electron chi connectivity index (χ1n) is 6.60. The predicted octanol–water partition coefficient (Wildman–Crippen LogP) is 1.48. The number of carbonyl (C=O) groups is 1. The Bertz CT molecular complexity index is 431. The smallest absolute Gasteiger partial charge is 0.249 e. The number of aryl methyl sites for hydroxylation is 1. The van der Waals surface area contributed by atoms with Gasteiger partial charge in [-0.15, -0.1) is 0 Å². The topological polar surface area (TPSA) is 43.3 Å². The van der Waals surface area contributed by atoms with E-state index in [4.69, 9.17) is 4.74 Å². The molecule has 1 aliphatic heterocycles. The summed E-state index contributed by atoms with van der Waals surface area (Å²) in [6.45, 7) is 5.61. The predicted molar refractivity (Wildman–Crippen MR) is 70.6 cm³/mol. The SMILES string of the molecule is Cc1cc(CCNC(=O)C2CCCO2)c(C)n1C. The summed E-state index contributed by atoms with van der Waals surface area (Å²) in [4.78, 5) is 11.8. The van der Waals surface area contributed by atoms with Gasteiger partial charge in [0.1, 0.15) is 6.10 Å². The highest BCUT2D eigenvalue weighted by atomic mass is 16.5. The molecule has 18 heavy (non-hydrogen) atoms. The standard InChI is InChI=1S/C14H22N2O2/c1-10-9-12(11(2)16(10)3)6-7-15-14(17)13-5-4-8-18-13/h9,13H,4-8H2,1-3H3,(H,15,17). The van der Waals surface area contributed by atoms with Gasteiger partial charge in [-0.3, -0.25) is 4.79 Å². The van der Waals surface area contributed by atoms with Crippen LogP contribution < -0.4 is 5.32 Å². The molecule has 0 radical (unpaired) electrons. The molecule has 1 atom stereocenters. The fourth-order valence-electron chi connectivity index (χ4n) is 2.41. The maximum Gasteiger partial charge on any atom is 0.249 e. The molecule has 2 rings (SSSR count). The monoisotopic (exact) mass is 250 g/mol. The second-order valence-electron chi connectivity index (χ2n) is 5.00. The molecule has 0 bridgehead atoms. The van der Waals surface area contributed by atoms with Gasteiger partial charge in [0.05, 0.1) is 0 Å². The average molecular weight is 250 g/mol. The fourth-order valence-corrected chi connectivity index (χ4v) is 2.41. The zero-order valence-corrected chi connectivity index (χ0v) is 11.5. The second kappa shape index (κ2) is 5.57. The van der Waals surface area contributed by atoms with E-state index in [1.807, 2.05) is 0 Å². The fraction of sp³-hybridized carbons (Fsp3) is 0.643. The summed E-state index contributed by atoms with van der Waals surface area (Å²) in [7, 11) is 2.07. The Hall–Kier alpha value is -1.29. The van der Waals surface area contributed by atoms with Crippen LogP contribution in [0.5, 0.6) is 0 Å². The summed E-state index contributed by atoms with van der Waals surface area (Å²) in [6, 6.07) is 2.19. The lowest BCUT2D eigenvalue weighted by molar-refractivity contribution is -0.129. The van der Waals surface area contributed by atoms with Crippen LogP contribution in [-0.2, 0) is 23.0 Å². The molecule has 1 fully saturated rings. The van der Waals surface area contributed by atoms with Crippen molar-refractivity contribution in [2.45, 2.75) is 39.2 Å². The Morgan fingerprint density at radius 3 is 2.89 bits per heavy atom. The van der Waals surface area contributed by atoms with Crippen LogP contribution in [0.3, 0.4) is 0 Å². The molecule has 1 unspecified atom stereocenters. The van der Waals surface area contributed by atoms with Crippen LogP contribution in [0, 0.1) is 13.8 Å². The van der Waals surface area contributed by atoms with Crippen molar-refractivity contribution in [3.05, 3.63) is 23.0 Å². The van der Waals surface area contributed by atoms with Gasteiger partial charge in [0, 0.05) is 31.6 Å². The maximum absolute atomic E-state index is 11.8. The number of ether oxygens (including phenoxy) is 1. The van der Waals surface area contributed by atoms with E-state index in [-0.39, 0.29) is 12.0 Å². The zero-order chi connectivity index (χ0) is 13.1. The van der Waals surface area contributed by atoms with Gasteiger partial charge in [-0.2, -0.15) is 0 Å². The molecule has 4 nitrogen and oxygen atoms in total. The molecular weight excluding hydrogens is 228 g/mol. The summed E-state index contributed by atoms with van der Waals surface area (Å²) in [5, 5.41) is 2.96. The Labute approximate surface area is 108 Å². The first-order chi connectivity index (χ1) is 8.59. The molecule has 1 aromatic rings. The van der Waals surface area contributed by atoms with E-state index >= 15 is 0 Å². The van der Waals surface area contributed by atoms with Crippen LogP contribution in [0.25, 0.3) is 0 Å². The molecule has 0 aliphatic carbocycles. The first-order valence-corrected chi connectivity index (χ1v) is 6.60. The number of amides is 1. The number of hydrogen-bond donors (Lipinski definition) is 1. The van der Waals surface area contributed by atoms with Gasteiger partial charge < -0.3 is 14.6 Å². The van der Waals surface area contributed by atoms with Gasteiger partial charge in [-0.1, -0.05) is 0 Å². The lowest BCUT2D eigenvalue weighted by Crippen LogP contribution is -2.35. The zero-order valence-electron chi connectivity index (χ0n) is 11.5. The highest BCUT2D eigenvalue weighted by molar-refractivity contribution is 5.80. The minimum atomic E-state index is -0.219. The van der Waals surface area contributed by atoms with Crippen molar-refractivity contribution in [3.8, 4) is 0 Å². The largest absolute Gasteiger partial charge is 0.368 e. The Kier molecular flexibility index (Phi) is 4.07. The minimum Gasteiger partial charge on any atom is -0.368 e. The molecule has 100 valence electrons. The molecule has 4 heteroatoms. The third-order valence-corrected chi connectivity index (χ3v) is 3.80. The highest BCUT2D eigenvalue weighted by Crippen LogP contribution is 2.14. The lowest BCUT2D eigenvalue weighted by atomic mass is 10.1. The van der Waals surface area contributed by atoms with Crippen LogP contribution in [0.2, 0.25) is 0 Å². The first kappa shape index (κ1) is 13.1. The molecule has 0 saturated carbocycles. The highest BCUT2D eigenvalue weighted by Gasteiger charge is 2.22. The third-order valence-electron chi connectivity index (χ3n) is 3.80. The molecule has 1 aliphatic rings. The van der Waals surface area contributed by atoms with Crippen molar-refractivity contribution in [2.24, 2.45) is 7.05 Å². The van der Waals surface area contributed by atoms with E-state index < -0.39 is 0 Å². The van der Waals surface area contributed by atoms with E-state index in [9.17, 15) is 4.79 Å². The molecule has 0 aromatic carbocycles. The van der Waals surface area contributed by atoms with Crippen molar-refractivity contribution in [3.63, 3.8) is 0 Å². The number of rotatable bonds is 4. The molecule has 1 amide bonds. The van der Waals surface area contributed by atoms with Gasteiger partial charge in [-0.05, 0) is 44.7 Å². The van der Waals surface area contributed by atoms with Crippen LogP contribution >= 0.6 is 0 Å². The van der Waals surface area contributed by atoms with Crippen molar-refractivity contribution in [2.75, 3.05) is 13.2 Å². The van der Waals surface area contributed by atoms with Crippen molar-refractivity contribution < 1.29 is 9.53 Å². The van der Waals surface area contributed by atoms with E-state index in [0.29, 0.717) is 6.54 Å². The summed E-state index contributed by atoms with van der Waals surface area (Å²) < 4.78 is 7.53. The van der Waals surface area contributed by atoms with Gasteiger partial charge in [0.25, 0.3) is 0 Å². The van der Waals surface area contributed by atoms with E-state index in [0.717, 1.165) is 25.9 Å². The number of aromatic nitrogens is 1. The number of nitrogens with one attached hydrogen (secondary N) is 1. The van der Waals surface area contributed by atoms with Crippen LogP contribution in [-0.4, -0.2) is 29.7 Å². The summed E-state index contributed by atoms with van der Waals surface area (Å²) in [5.41, 5.74) is 3.84. The summed E-state index contributed by atoms with van der Waals surface area (Å²) in [5.74, 6) is 0.0396. The van der Waals surface area contributed by atoms with Gasteiger partial charge in [-0.25, -0.2) is 0 Å². The average Bonchev–Trinajstić information content (AvgIpc) is 2.95. The van der Waals surface area contributed by atoms with Crippen LogP contribution in [0.4, 0.5) is 0 Å². The second-order valence-corrected chi connectivity index (χ2v) is 5.00. The molecular formula is C14H22N2O2. The quantitative estimate of drug-likeness (QED) is 0.879.